The largest absolute Gasteiger partial charge is 0.366 e. The van der Waals surface area contributed by atoms with Crippen molar-refractivity contribution in [1.29, 1.82) is 0 Å². The van der Waals surface area contributed by atoms with Crippen LogP contribution in [0.4, 0.5) is 10.2 Å². The van der Waals surface area contributed by atoms with Gasteiger partial charge in [-0.3, -0.25) is 4.79 Å². The maximum Gasteiger partial charge on any atom is 0.277 e. The fourth-order valence-electron chi connectivity index (χ4n) is 3.81. The van der Waals surface area contributed by atoms with Crippen LogP contribution in [0.3, 0.4) is 0 Å². The maximum atomic E-state index is 14.9. The maximum absolute atomic E-state index is 14.9. The van der Waals surface area contributed by atoms with Crippen molar-refractivity contribution < 1.29 is 13.7 Å². The second-order valence-corrected chi connectivity index (χ2v) is 8.32. The lowest BCUT2D eigenvalue weighted by molar-refractivity contribution is 0.0323. The Hall–Kier alpha value is -3.37. The Morgan fingerprint density at radius 2 is 1.97 bits per heavy atom. The van der Waals surface area contributed by atoms with Crippen LogP contribution in [0, 0.1) is 26.6 Å². The Labute approximate surface area is 192 Å². The topological polar surface area (TPSA) is 98.7 Å². The minimum Gasteiger partial charge on any atom is -0.366 e. The summed E-state index contributed by atoms with van der Waals surface area (Å²) in [5.41, 5.74) is 1.70. The molecule has 0 saturated carbocycles. The molecule has 4 heterocycles. The predicted molar refractivity (Wildman–Crippen MR) is 119 cm³/mol. The Morgan fingerprint density at radius 1 is 1.15 bits per heavy atom. The average molecular weight is 471 g/mol. The lowest BCUT2D eigenvalue weighted by Gasteiger charge is -2.32. The molecule has 0 aliphatic carbocycles. The molecule has 11 heteroatoms. The van der Waals surface area contributed by atoms with E-state index in [1.807, 2.05) is 4.90 Å². The predicted octanol–water partition coefficient (Wildman–Crippen LogP) is 3.44. The Bertz CT molecular complexity index is 1440. The van der Waals surface area contributed by atoms with Crippen molar-refractivity contribution in [3.05, 3.63) is 68.4 Å². The molecule has 0 bridgehead atoms. The van der Waals surface area contributed by atoms with E-state index in [4.69, 9.17) is 20.9 Å². The van der Waals surface area contributed by atoms with Crippen molar-refractivity contribution in [2.75, 3.05) is 24.6 Å². The molecule has 3 aromatic heterocycles. The molecule has 170 valence electrons. The zero-order chi connectivity index (χ0) is 23.3. The molecule has 4 aromatic rings. The summed E-state index contributed by atoms with van der Waals surface area (Å²) in [6.07, 6.45) is -0.431. The summed E-state index contributed by atoms with van der Waals surface area (Å²) in [5, 5.41) is 8.80. The van der Waals surface area contributed by atoms with Crippen LogP contribution >= 0.6 is 11.6 Å². The normalized spacial score (nSPS) is 16.5. The summed E-state index contributed by atoms with van der Waals surface area (Å²) in [5.74, 6) is 0.842. The molecule has 9 nitrogen and oxygen atoms in total. The zero-order valence-corrected chi connectivity index (χ0v) is 18.9. The quantitative estimate of drug-likeness (QED) is 0.449. The third-order valence-corrected chi connectivity index (χ3v) is 5.93. The highest BCUT2D eigenvalue weighted by atomic mass is 35.5. The van der Waals surface area contributed by atoms with Crippen molar-refractivity contribution in [3.63, 3.8) is 0 Å². The third-order valence-electron chi connectivity index (χ3n) is 5.69. The van der Waals surface area contributed by atoms with Gasteiger partial charge in [0.05, 0.1) is 13.2 Å². The van der Waals surface area contributed by atoms with Gasteiger partial charge in [-0.1, -0.05) is 16.8 Å². The SMILES string of the molecule is Cc1nc([C@@H]2CN(c3cc(-c4ccc(Cl)cc4F)c4nc(C)c(C)c(=O)n4n3)CCO2)no1. The number of fused-ring (bicyclic) bond motifs is 1. The molecule has 1 saturated heterocycles. The van der Waals surface area contributed by atoms with Crippen molar-refractivity contribution in [2.24, 2.45) is 0 Å². The molecule has 1 atom stereocenters. The highest BCUT2D eigenvalue weighted by molar-refractivity contribution is 6.30. The van der Waals surface area contributed by atoms with Crippen LogP contribution in [0.1, 0.15) is 29.1 Å². The van der Waals surface area contributed by atoms with Gasteiger partial charge in [0, 0.05) is 40.9 Å². The smallest absolute Gasteiger partial charge is 0.277 e. The first-order valence-corrected chi connectivity index (χ1v) is 10.7. The standard InChI is InChI=1S/C22H20ClFN6O3/c1-11-12(2)25-21-16(15-5-4-14(23)8-17(15)24)9-19(27-30(21)22(11)31)29-6-7-32-18(10-29)20-26-13(3)33-28-20/h4-5,8-9,18H,6-7,10H2,1-3H3/t18-/m0/s1. The Kier molecular flexibility index (Phi) is 5.34. The molecule has 1 aliphatic rings. The number of rotatable bonds is 3. The first kappa shape index (κ1) is 21.5. The van der Waals surface area contributed by atoms with Gasteiger partial charge >= 0.3 is 0 Å². The number of hydrogen-bond acceptors (Lipinski definition) is 8. The second-order valence-electron chi connectivity index (χ2n) is 7.88. The minimum atomic E-state index is -0.517. The Morgan fingerprint density at radius 3 is 2.70 bits per heavy atom. The van der Waals surface area contributed by atoms with Gasteiger partial charge < -0.3 is 14.2 Å². The van der Waals surface area contributed by atoms with Gasteiger partial charge in [-0.05, 0) is 38.1 Å². The van der Waals surface area contributed by atoms with Crippen LogP contribution in [-0.4, -0.2) is 44.4 Å². The van der Waals surface area contributed by atoms with Crippen molar-refractivity contribution in [3.8, 4) is 11.1 Å². The van der Waals surface area contributed by atoms with E-state index in [0.717, 1.165) is 0 Å². The van der Waals surface area contributed by atoms with Crippen molar-refractivity contribution in [2.45, 2.75) is 26.9 Å². The van der Waals surface area contributed by atoms with Gasteiger partial charge in [-0.25, -0.2) is 9.37 Å². The number of hydrogen-bond donors (Lipinski definition) is 0. The van der Waals surface area contributed by atoms with Gasteiger partial charge in [0.15, 0.2) is 11.5 Å². The number of morpholine rings is 1. The molecule has 0 N–H and O–H groups in total. The summed E-state index contributed by atoms with van der Waals surface area (Å²) in [7, 11) is 0. The number of nitrogens with zero attached hydrogens (tertiary/aromatic N) is 6. The van der Waals surface area contributed by atoms with Crippen LogP contribution < -0.4 is 10.5 Å². The number of aryl methyl sites for hydroxylation is 2. The van der Waals surface area contributed by atoms with E-state index in [2.05, 4.69) is 20.2 Å². The number of benzene rings is 1. The molecule has 0 amide bonds. The van der Waals surface area contributed by atoms with Crippen LogP contribution in [0.2, 0.25) is 5.02 Å². The Balaban J connectivity index is 1.67. The lowest BCUT2D eigenvalue weighted by atomic mass is 10.1. The molecule has 33 heavy (non-hydrogen) atoms. The monoisotopic (exact) mass is 470 g/mol. The summed E-state index contributed by atoms with van der Waals surface area (Å²) >= 11 is 5.96. The minimum absolute atomic E-state index is 0.270. The second kappa shape index (κ2) is 8.20. The van der Waals surface area contributed by atoms with Crippen molar-refractivity contribution >= 4 is 23.1 Å². The fraction of sp³-hybridized carbons (Fsp3) is 0.318. The van der Waals surface area contributed by atoms with E-state index in [1.165, 1.54) is 10.6 Å². The summed E-state index contributed by atoms with van der Waals surface area (Å²) in [4.78, 5) is 23.8. The first-order chi connectivity index (χ1) is 15.8. The summed E-state index contributed by atoms with van der Waals surface area (Å²) in [6.45, 7) is 6.43. The molecular weight excluding hydrogens is 451 g/mol. The molecule has 0 radical (unpaired) electrons. The molecule has 0 unspecified atom stereocenters. The lowest BCUT2D eigenvalue weighted by Crippen LogP contribution is -2.40. The summed E-state index contributed by atoms with van der Waals surface area (Å²) < 4.78 is 27.0. The highest BCUT2D eigenvalue weighted by Gasteiger charge is 2.28. The van der Waals surface area contributed by atoms with Crippen LogP contribution in [0.25, 0.3) is 16.8 Å². The molecular formula is C22H20ClFN6O3. The number of aromatic nitrogens is 5. The van der Waals surface area contributed by atoms with Gasteiger partial charge in [-0.15, -0.1) is 5.10 Å². The van der Waals surface area contributed by atoms with Gasteiger partial charge in [-0.2, -0.15) is 9.50 Å². The number of anilines is 1. The van der Waals surface area contributed by atoms with E-state index in [0.29, 0.717) is 54.1 Å². The van der Waals surface area contributed by atoms with E-state index in [1.54, 1.807) is 39.0 Å². The van der Waals surface area contributed by atoms with E-state index < -0.39 is 11.9 Å². The van der Waals surface area contributed by atoms with Crippen LogP contribution in [0.15, 0.2) is 33.6 Å². The highest BCUT2D eigenvalue weighted by Crippen LogP contribution is 2.32. The fourth-order valence-corrected chi connectivity index (χ4v) is 3.97. The summed E-state index contributed by atoms with van der Waals surface area (Å²) in [6, 6.07) is 6.13. The van der Waals surface area contributed by atoms with Crippen LogP contribution in [-0.2, 0) is 4.74 Å². The first-order valence-electron chi connectivity index (χ1n) is 10.4. The molecule has 0 spiro atoms. The van der Waals surface area contributed by atoms with Gasteiger partial charge in [0.1, 0.15) is 11.9 Å². The van der Waals surface area contributed by atoms with E-state index in [9.17, 15) is 9.18 Å². The van der Waals surface area contributed by atoms with Crippen LogP contribution in [0.5, 0.6) is 0 Å². The van der Waals surface area contributed by atoms with E-state index in [-0.39, 0.29) is 21.8 Å². The number of ether oxygens (including phenoxy) is 1. The van der Waals surface area contributed by atoms with Gasteiger partial charge in [0.2, 0.25) is 11.7 Å². The molecule has 1 fully saturated rings. The zero-order valence-electron chi connectivity index (χ0n) is 18.2. The number of halogens is 2. The molecule has 1 aliphatic heterocycles. The van der Waals surface area contributed by atoms with Crippen molar-refractivity contribution in [1.82, 2.24) is 24.7 Å². The average Bonchev–Trinajstić information content (AvgIpc) is 3.24. The molecule has 5 rings (SSSR count). The van der Waals surface area contributed by atoms with Gasteiger partial charge in [0.25, 0.3) is 5.56 Å². The molecule has 1 aromatic carbocycles. The third kappa shape index (κ3) is 3.85. The van der Waals surface area contributed by atoms with E-state index >= 15 is 0 Å².